The minimum atomic E-state index is -3.17. The number of aliphatic hydroxyl groups is 2. The molecule has 0 amide bonds. The van der Waals surface area contributed by atoms with Crippen LogP contribution in [0, 0.1) is 6.92 Å². The van der Waals surface area contributed by atoms with E-state index in [2.05, 4.69) is 0 Å². The van der Waals surface area contributed by atoms with Gasteiger partial charge in [0.25, 0.3) is 0 Å². The van der Waals surface area contributed by atoms with Gasteiger partial charge in [-0.3, -0.25) is 14.4 Å². The van der Waals surface area contributed by atoms with E-state index in [4.69, 9.17) is 37.9 Å². The van der Waals surface area contributed by atoms with Crippen LogP contribution < -0.4 is 4.74 Å². The molecule has 2 aliphatic carbocycles. The fraction of sp³-hybridized carbons (Fsp3) is 0.500. The molecule has 15 heteroatoms. The highest BCUT2D eigenvalue weighted by Crippen LogP contribution is 2.50. The number of ether oxygens (including phenoxy) is 8. The van der Waals surface area contributed by atoms with Gasteiger partial charge in [0.1, 0.15) is 41.1 Å². The predicted molar refractivity (Wildman–Crippen MR) is 158 cm³/mol. The van der Waals surface area contributed by atoms with Crippen molar-refractivity contribution in [2.75, 3.05) is 42.7 Å². The molecule has 5 unspecified atom stereocenters. The maximum Gasteiger partial charge on any atom is 0.341 e. The zero-order valence-electron chi connectivity index (χ0n) is 26.9. The molecule has 2 aromatic carbocycles. The Bertz CT molecular complexity index is 1700. The summed E-state index contributed by atoms with van der Waals surface area (Å²) in [6.07, 6.45) is -5.21. The number of hydrogen-bond donors (Lipinski definition) is 3. The number of carbonyl (C=O) groups excluding carboxylic acids is 4. The van der Waals surface area contributed by atoms with Crippen LogP contribution in [-0.4, -0.2) is 129 Å². The summed E-state index contributed by atoms with van der Waals surface area (Å²) in [5.74, 6) is -6.03. The van der Waals surface area contributed by atoms with Crippen LogP contribution in [-0.2, 0) is 38.0 Å². The number of hydrogen-bond acceptors (Lipinski definition) is 15. The van der Waals surface area contributed by atoms with E-state index < -0.39 is 94.0 Å². The van der Waals surface area contributed by atoms with Crippen molar-refractivity contribution in [3.05, 3.63) is 46.2 Å². The number of fused-ring (bicyclic) bond motifs is 3. The van der Waals surface area contributed by atoms with Crippen molar-refractivity contribution in [1.82, 2.24) is 0 Å². The minimum absolute atomic E-state index is 0.0679. The number of esters is 1. The Morgan fingerprint density at radius 2 is 1.57 bits per heavy atom. The van der Waals surface area contributed by atoms with Gasteiger partial charge in [0.2, 0.25) is 34.8 Å². The summed E-state index contributed by atoms with van der Waals surface area (Å²) in [5.41, 5.74) is -7.41. The number of carbonyl (C=O) groups is 4. The third-order valence-corrected chi connectivity index (χ3v) is 9.29. The first-order chi connectivity index (χ1) is 22.2. The molecule has 47 heavy (non-hydrogen) atoms. The summed E-state index contributed by atoms with van der Waals surface area (Å²) in [4.78, 5) is 54.8. The molecular weight excluding hydrogens is 624 g/mol. The third-order valence-electron chi connectivity index (χ3n) is 9.29. The van der Waals surface area contributed by atoms with E-state index in [0.717, 1.165) is 27.4 Å². The maximum absolute atomic E-state index is 14.1. The molecule has 0 spiro atoms. The van der Waals surface area contributed by atoms with E-state index in [0.29, 0.717) is 0 Å². The minimum Gasteiger partial charge on any atom is -0.507 e. The first kappa shape index (κ1) is 34.4. The molecule has 15 nitrogen and oxygen atoms in total. The average molecular weight is 661 g/mol. The number of aromatic hydroxyl groups is 1. The van der Waals surface area contributed by atoms with Crippen molar-refractivity contribution in [1.29, 1.82) is 0 Å². The van der Waals surface area contributed by atoms with Gasteiger partial charge < -0.3 is 53.2 Å². The summed E-state index contributed by atoms with van der Waals surface area (Å²) in [7, 11) is 7.52. The Labute approximate surface area is 268 Å². The van der Waals surface area contributed by atoms with Gasteiger partial charge in [0.15, 0.2) is 6.10 Å². The molecule has 5 rings (SSSR count). The van der Waals surface area contributed by atoms with Gasteiger partial charge in [0, 0.05) is 45.5 Å². The molecule has 0 radical (unpaired) electrons. The van der Waals surface area contributed by atoms with Crippen LogP contribution in [0.25, 0.3) is 10.8 Å². The molecule has 0 aromatic heterocycles. The van der Waals surface area contributed by atoms with Gasteiger partial charge in [-0.25, -0.2) is 4.79 Å². The summed E-state index contributed by atoms with van der Waals surface area (Å²) in [6, 6.07) is 2.48. The van der Waals surface area contributed by atoms with E-state index in [9.17, 15) is 34.5 Å². The normalized spacial score (nSPS) is 32.0. The van der Waals surface area contributed by atoms with Crippen LogP contribution in [0.4, 0.5) is 0 Å². The zero-order valence-corrected chi connectivity index (χ0v) is 26.9. The summed E-state index contributed by atoms with van der Waals surface area (Å²) in [5, 5.41) is 34.5. The third kappa shape index (κ3) is 4.53. The number of aliphatic hydroxyl groups excluding tert-OH is 1. The van der Waals surface area contributed by atoms with Crippen molar-refractivity contribution in [3.63, 3.8) is 0 Å². The van der Waals surface area contributed by atoms with Crippen LogP contribution in [0.3, 0.4) is 0 Å². The number of benzene rings is 2. The van der Waals surface area contributed by atoms with E-state index in [-0.39, 0.29) is 27.6 Å². The number of Topliss-reactive ketones (excluding diaryl/α,β-unsaturated/α-hetero) is 2. The molecular formula is C32H36O15. The predicted octanol–water partition coefficient (Wildman–Crippen LogP) is 0.778. The number of rotatable bonds is 8. The molecule has 0 bridgehead atoms. The van der Waals surface area contributed by atoms with Gasteiger partial charge in [-0.1, -0.05) is 0 Å². The lowest BCUT2D eigenvalue weighted by Gasteiger charge is -2.49. The van der Waals surface area contributed by atoms with Crippen molar-refractivity contribution in [2.24, 2.45) is 0 Å². The van der Waals surface area contributed by atoms with Crippen molar-refractivity contribution in [2.45, 2.75) is 61.9 Å². The highest BCUT2D eigenvalue weighted by atomic mass is 16.7. The van der Waals surface area contributed by atoms with Gasteiger partial charge in [0.05, 0.1) is 25.9 Å². The molecule has 254 valence electrons. The van der Waals surface area contributed by atoms with Crippen molar-refractivity contribution >= 4 is 34.1 Å². The average Bonchev–Trinajstić information content (AvgIpc) is 3.04. The molecule has 0 saturated carbocycles. The largest absolute Gasteiger partial charge is 0.507 e. The van der Waals surface area contributed by atoms with Gasteiger partial charge >= 0.3 is 5.97 Å². The molecule has 8 atom stereocenters. The van der Waals surface area contributed by atoms with Gasteiger partial charge in [-0.2, -0.15) is 0 Å². The molecule has 2 aromatic rings. The zero-order chi connectivity index (χ0) is 34.7. The molecule has 1 fully saturated rings. The summed E-state index contributed by atoms with van der Waals surface area (Å²) < 4.78 is 44.4. The second-order valence-corrected chi connectivity index (χ2v) is 11.4. The standard InChI is InChI=1S/C32H36O15/c1-12-19-14(10-16(20(12)29(38)44-7)47-30-25(43-6)24(42-5)23(41-4)13(2)46-30)9-15-21(22(19)34)28(37)32(45-8)18(33)11-17(40-3)27(36)31(32,39)26(15)35/h9-11,13,23-25,27,30,34,36,39H,1-8H3/t13?,23?,24?,25?,27-,30?,31-,32-/m1/s1. The highest BCUT2D eigenvalue weighted by Gasteiger charge is 2.74. The van der Waals surface area contributed by atoms with Crippen molar-refractivity contribution in [3.8, 4) is 11.5 Å². The number of aryl methyl sites for hydroxylation is 1. The second-order valence-electron chi connectivity index (χ2n) is 11.4. The van der Waals surface area contributed by atoms with Crippen LogP contribution in [0.1, 0.15) is 43.6 Å². The van der Waals surface area contributed by atoms with Crippen LogP contribution >= 0.6 is 0 Å². The Morgan fingerprint density at radius 1 is 0.936 bits per heavy atom. The Kier molecular flexibility index (Phi) is 8.96. The highest BCUT2D eigenvalue weighted by molar-refractivity contribution is 6.35. The lowest BCUT2D eigenvalue weighted by Crippen LogP contribution is -2.77. The lowest BCUT2D eigenvalue weighted by molar-refractivity contribution is -0.282. The molecule has 3 N–H and O–H groups in total. The van der Waals surface area contributed by atoms with Crippen LogP contribution in [0.2, 0.25) is 0 Å². The van der Waals surface area contributed by atoms with E-state index in [1.807, 2.05) is 0 Å². The summed E-state index contributed by atoms with van der Waals surface area (Å²) in [6.45, 7) is 3.19. The van der Waals surface area contributed by atoms with E-state index in [1.54, 1.807) is 6.92 Å². The monoisotopic (exact) mass is 660 g/mol. The van der Waals surface area contributed by atoms with E-state index in [1.165, 1.54) is 40.4 Å². The number of phenolic OH excluding ortho intramolecular Hbond substituents is 1. The SMILES string of the molecule is COC(=O)c1c(OC2OC(C)C(OC)C(OC)C2OC)cc2cc3c(c(O)c2c1C)C(=O)[C@]1(OC)C(=O)C=C(OC)[C@@H](O)[C@]1(O)C3=O. The Balaban J connectivity index is 1.75. The molecule has 3 aliphatic rings. The molecule has 1 heterocycles. The van der Waals surface area contributed by atoms with Crippen molar-refractivity contribution < 1.29 is 72.4 Å². The fourth-order valence-corrected chi connectivity index (χ4v) is 6.98. The number of methoxy groups -OCH3 is 6. The Hall–Kier alpha value is -3.96. The molecule has 1 aliphatic heterocycles. The maximum atomic E-state index is 14.1. The summed E-state index contributed by atoms with van der Waals surface area (Å²) >= 11 is 0. The van der Waals surface area contributed by atoms with E-state index >= 15 is 0 Å². The van der Waals surface area contributed by atoms with Gasteiger partial charge in [-0.15, -0.1) is 0 Å². The van der Waals surface area contributed by atoms with Crippen LogP contribution in [0.5, 0.6) is 11.5 Å². The Morgan fingerprint density at radius 3 is 2.13 bits per heavy atom. The fourth-order valence-electron chi connectivity index (χ4n) is 6.98. The first-order valence-electron chi connectivity index (χ1n) is 14.4. The van der Waals surface area contributed by atoms with Crippen LogP contribution in [0.15, 0.2) is 24.0 Å². The molecule has 1 saturated heterocycles. The first-order valence-corrected chi connectivity index (χ1v) is 14.4. The van der Waals surface area contributed by atoms with Gasteiger partial charge in [-0.05, 0) is 36.9 Å². The second kappa shape index (κ2) is 12.2. The lowest BCUT2D eigenvalue weighted by atomic mass is 9.60. The number of ketones is 3. The number of phenols is 1. The topological polar surface area (TPSA) is 203 Å². The quantitative estimate of drug-likeness (QED) is 0.265. The smallest absolute Gasteiger partial charge is 0.341 e.